The van der Waals surface area contributed by atoms with Gasteiger partial charge in [-0.3, -0.25) is 19.2 Å². The summed E-state index contributed by atoms with van der Waals surface area (Å²) >= 11 is 0. The van der Waals surface area contributed by atoms with E-state index in [1.54, 1.807) is 26.2 Å². The number of fused-ring (bicyclic) bond motifs is 1. The number of ether oxygens (including phenoxy) is 2. The molecule has 2 aliphatic rings. The van der Waals surface area contributed by atoms with E-state index < -0.39 is 5.41 Å². The Bertz CT molecular complexity index is 1530. The first-order valence-corrected chi connectivity index (χ1v) is 16.2. The minimum atomic E-state index is -0.964. The lowest BCUT2D eigenvalue weighted by atomic mass is 9.62. The highest BCUT2D eigenvalue weighted by molar-refractivity contribution is 5.97. The van der Waals surface area contributed by atoms with Gasteiger partial charge >= 0.3 is 5.97 Å². The molecule has 242 valence electrons. The molecular weight excluding hydrogens is 582 g/mol. The summed E-state index contributed by atoms with van der Waals surface area (Å²) in [4.78, 5) is 54.9. The number of nitrogens with zero attached hydrogens (tertiary/aromatic N) is 1. The van der Waals surface area contributed by atoms with Gasteiger partial charge in [-0.05, 0) is 67.9 Å². The van der Waals surface area contributed by atoms with Crippen LogP contribution in [0.4, 0.5) is 0 Å². The molecule has 0 saturated carbocycles. The Labute approximate surface area is 270 Å². The minimum absolute atomic E-state index is 0.0432. The van der Waals surface area contributed by atoms with E-state index in [0.29, 0.717) is 69.7 Å². The van der Waals surface area contributed by atoms with Crippen LogP contribution >= 0.6 is 0 Å². The summed E-state index contributed by atoms with van der Waals surface area (Å²) in [6.07, 6.45) is 3.02. The quantitative estimate of drug-likeness (QED) is 0.235. The first-order valence-electron chi connectivity index (χ1n) is 16.2. The maximum absolute atomic E-state index is 14.1. The molecule has 0 radical (unpaired) electrons. The molecule has 1 heterocycles. The number of rotatable bonds is 11. The highest BCUT2D eigenvalue weighted by Crippen LogP contribution is 2.48. The Morgan fingerprint density at radius 3 is 2.33 bits per heavy atom. The third kappa shape index (κ3) is 6.93. The highest BCUT2D eigenvalue weighted by Gasteiger charge is 2.48. The molecule has 9 nitrogen and oxygen atoms in total. The third-order valence-electron chi connectivity index (χ3n) is 9.20. The van der Waals surface area contributed by atoms with Crippen molar-refractivity contribution < 1.29 is 28.7 Å². The van der Waals surface area contributed by atoms with E-state index in [-0.39, 0.29) is 42.1 Å². The van der Waals surface area contributed by atoms with E-state index in [1.807, 2.05) is 71.6 Å². The van der Waals surface area contributed by atoms with E-state index in [0.717, 1.165) is 16.7 Å². The van der Waals surface area contributed by atoms with Crippen LogP contribution in [0.25, 0.3) is 0 Å². The highest BCUT2D eigenvalue weighted by atomic mass is 16.5. The fourth-order valence-electron chi connectivity index (χ4n) is 6.87. The molecule has 2 N–H and O–H groups in total. The van der Waals surface area contributed by atoms with Crippen molar-refractivity contribution in [3.05, 3.63) is 101 Å². The van der Waals surface area contributed by atoms with Crippen LogP contribution in [0.3, 0.4) is 0 Å². The van der Waals surface area contributed by atoms with Crippen LogP contribution in [0, 0.1) is 0 Å². The number of carbonyl (C=O) groups is 4. The van der Waals surface area contributed by atoms with Gasteiger partial charge in [0.15, 0.2) is 0 Å². The second-order valence-corrected chi connectivity index (χ2v) is 11.9. The van der Waals surface area contributed by atoms with Crippen molar-refractivity contribution in [1.82, 2.24) is 15.5 Å². The third-order valence-corrected chi connectivity index (χ3v) is 9.20. The number of benzene rings is 3. The van der Waals surface area contributed by atoms with Crippen LogP contribution in [0.1, 0.15) is 78.4 Å². The normalized spacial score (nSPS) is 19.4. The molecule has 1 aliphatic carbocycles. The van der Waals surface area contributed by atoms with E-state index in [1.165, 1.54) is 0 Å². The number of carbonyl (C=O) groups excluding carboxylic acids is 4. The Kier molecular flexibility index (Phi) is 10.7. The number of methoxy groups -OCH3 is 1. The summed E-state index contributed by atoms with van der Waals surface area (Å²) in [5.41, 5.74) is 2.12. The van der Waals surface area contributed by atoms with Crippen LogP contribution in [-0.4, -0.2) is 68.0 Å². The first-order chi connectivity index (χ1) is 22.4. The zero-order valence-electron chi connectivity index (χ0n) is 26.6. The molecule has 0 aromatic heterocycles. The molecule has 3 aromatic rings. The molecule has 5 rings (SSSR count). The van der Waals surface area contributed by atoms with E-state index in [4.69, 9.17) is 9.47 Å². The Hall–Kier alpha value is -4.66. The molecule has 46 heavy (non-hydrogen) atoms. The largest absolute Gasteiger partial charge is 0.496 e. The van der Waals surface area contributed by atoms with Crippen molar-refractivity contribution in [3.63, 3.8) is 0 Å². The second-order valence-electron chi connectivity index (χ2n) is 11.9. The molecule has 9 heteroatoms. The number of nitrogens with one attached hydrogen (secondary N) is 2. The number of likely N-dealkylation sites (tertiary alicyclic amines) is 1. The molecule has 3 aromatic carbocycles. The van der Waals surface area contributed by atoms with Crippen molar-refractivity contribution in [1.29, 1.82) is 0 Å². The van der Waals surface area contributed by atoms with Gasteiger partial charge in [0.1, 0.15) is 5.75 Å². The van der Waals surface area contributed by atoms with Crippen LogP contribution in [0.15, 0.2) is 78.9 Å². The fraction of sp³-hybridized carbons (Fsp3) is 0.405. The van der Waals surface area contributed by atoms with Gasteiger partial charge in [0.25, 0.3) is 5.91 Å². The molecule has 3 amide bonds. The monoisotopic (exact) mass is 625 g/mol. The SMILES string of the molecule is CCOC(=O)CCCNC(=O)[C@@]1(c2ccccc2)CC[C@H](C(=O)N2CCC(NC(=O)c3ccccc3OC)CC2)c2ccccc21. The van der Waals surface area contributed by atoms with Gasteiger partial charge in [0, 0.05) is 32.1 Å². The summed E-state index contributed by atoms with van der Waals surface area (Å²) in [6, 6.07) is 24.6. The maximum atomic E-state index is 14.1. The molecule has 0 spiro atoms. The lowest BCUT2D eigenvalue weighted by molar-refractivity contribution is -0.143. The summed E-state index contributed by atoms with van der Waals surface area (Å²) in [5.74, 6) is -0.377. The van der Waals surface area contributed by atoms with Crippen molar-refractivity contribution in [2.24, 2.45) is 0 Å². The summed E-state index contributed by atoms with van der Waals surface area (Å²) < 4.78 is 10.4. The van der Waals surface area contributed by atoms with Crippen LogP contribution < -0.4 is 15.4 Å². The molecule has 1 aliphatic heterocycles. The Morgan fingerprint density at radius 2 is 1.59 bits per heavy atom. The van der Waals surface area contributed by atoms with Gasteiger partial charge in [0.05, 0.1) is 30.6 Å². The summed E-state index contributed by atoms with van der Waals surface area (Å²) in [5, 5.41) is 6.20. The Morgan fingerprint density at radius 1 is 0.891 bits per heavy atom. The first kappa shape index (κ1) is 32.7. The van der Waals surface area contributed by atoms with Crippen molar-refractivity contribution in [2.75, 3.05) is 33.4 Å². The summed E-state index contributed by atoms with van der Waals surface area (Å²) in [7, 11) is 1.55. The lowest BCUT2D eigenvalue weighted by Crippen LogP contribution is -2.51. The minimum Gasteiger partial charge on any atom is -0.496 e. The average Bonchev–Trinajstić information content (AvgIpc) is 3.10. The number of piperidine rings is 1. The maximum Gasteiger partial charge on any atom is 0.305 e. The van der Waals surface area contributed by atoms with Crippen LogP contribution in [0.2, 0.25) is 0 Å². The zero-order valence-corrected chi connectivity index (χ0v) is 26.6. The van der Waals surface area contributed by atoms with E-state index in [2.05, 4.69) is 10.6 Å². The molecular formula is C37H43N3O6. The standard InChI is InChI=1S/C37H43N3O6/c1-3-46-33(41)18-11-23-38-36(44)37(26-12-5-4-6-13-26)22-19-29(28-14-7-9-16-31(28)37)35(43)40-24-20-27(21-25-40)39-34(42)30-15-8-10-17-32(30)45-2/h4-10,12-17,27,29H,3,11,18-25H2,1-2H3,(H,38,44)(H,39,42)/t29-,37+/m0/s1. The molecule has 1 saturated heterocycles. The number of hydrogen-bond acceptors (Lipinski definition) is 6. The van der Waals surface area contributed by atoms with Gasteiger partial charge in [-0.15, -0.1) is 0 Å². The number of amides is 3. The fourth-order valence-corrected chi connectivity index (χ4v) is 6.87. The van der Waals surface area contributed by atoms with E-state index in [9.17, 15) is 19.2 Å². The lowest BCUT2D eigenvalue weighted by Gasteiger charge is -2.42. The average molecular weight is 626 g/mol. The predicted molar refractivity (Wildman–Crippen MR) is 175 cm³/mol. The zero-order chi connectivity index (χ0) is 32.5. The van der Waals surface area contributed by atoms with Crippen LogP contribution in [-0.2, 0) is 24.5 Å². The molecule has 1 fully saturated rings. The van der Waals surface area contributed by atoms with Gasteiger partial charge in [-0.25, -0.2) is 0 Å². The van der Waals surface area contributed by atoms with Crippen LogP contribution in [0.5, 0.6) is 5.75 Å². The van der Waals surface area contributed by atoms with Crippen molar-refractivity contribution in [3.8, 4) is 5.75 Å². The number of para-hydroxylation sites is 1. The van der Waals surface area contributed by atoms with Gasteiger partial charge in [0.2, 0.25) is 11.8 Å². The topological polar surface area (TPSA) is 114 Å². The van der Waals surface area contributed by atoms with Crippen molar-refractivity contribution in [2.45, 2.75) is 62.8 Å². The smallest absolute Gasteiger partial charge is 0.305 e. The predicted octanol–water partition coefficient (Wildman–Crippen LogP) is 4.74. The molecule has 0 unspecified atom stereocenters. The molecule has 2 atom stereocenters. The molecule has 0 bridgehead atoms. The number of esters is 1. The second kappa shape index (κ2) is 15.1. The number of hydrogen-bond donors (Lipinski definition) is 2. The van der Waals surface area contributed by atoms with Crippen molar-refractivity contribution >= 4 is 23.7 Å². The van der Waals surface area contributed by atoms with Gasteiger partial charge in [-0.2, -0.15) is 0 Å². The van der Waals surface area contributed by atoms with Gasteiger partial charge < -0.3 is 25.0 Å². The van der Waals surface area contributed by atoms with Gasteiger partial charge in [-0.1, -0.05) is 66.7 Å². The van der Waals surface area contributed by atoms with E-state index >= 15 is 0 Å². The Balaban J connectivity index is 1.30. The summed E-state index contributed by atoms with van der Waals surface area (Å²) in [6.45, 7) is 3.53.